The van der Waals surface area contributed by atoms with Crippen LogP contribution in [-0.2, 0) is 0 Å². The fourth-order valence-corrected chi connectivity index (χ4v) is 0.446. The summed E-state index contributed by atoms with van der Waals surface area (Å²) in [6, 6.07) is 0. The second kappa shape index (κ2) is 1.88. The van der Waals surface area contributed by atoms with E-state index in [9.17, 15) is 0 Å². The van der Waals surface area contributed by atoms with Gasteiger partial charge in [0.25, 0.3) is 0 Å². The molecule has 0 unspecified atom stereocenters. The van der Waals surface area contributed by atoms with Crippen LogP contribution in [-0.4, -0.2) is 17.0 Å². The van der Waals surface area contributed by atoms with Gasteiger partial charge in [0.05, 0.1) is 0 Å². The highest BCUT2D eigenvalue weighted by Gasteiger charge is 1.92. The van der Waals surface area contributed by atoms with Crippen molar-refractivity contribution >= 4 is 0 Å². The lowest BCUT2D eigenvalue weighted by Crippen LogP contribution is -2.14. The third kappa shape index (κ3) is 1.01. The van der Waals surface area contributed by atoms with Gasteiger partial charge >= 0.3 is 0 Å². The number of hydrogen-bond acceptors (Lipinski definition) is 2. The van der Waals surface area contributed by atoms with Crippen molar-refractivity contribution in [2.24, 2.45) is 0 Å². The second-order valence-electron chi connectivity index (χ2n) is 1.64. The lowest BCUT2D eigenvalue weighted by molar-refractivity contribution is 0.455. The summed E-state index contributed by atoms with van der Waals surface area (Å²) in [5, 5.41) is 1.00. The molecule has 0 fully saturated rings. The summed E-state index contributed by atoms with van der Waals surface area (Å²) in [4.78, 5) is 1.84. The van der Waals surface area contributed by atoms with Crippen LogP contribution in [0.15, 0.2) is 24.8 Å². The standard InChI is InChI=1S/C5H7N3/c1-7-2-4-8(6)5-3-7/h2-5H,1H3. The van der Waals surface area contributed by atoms with Gasteiger partial charge in [0, 0.05) is 31.8 Å². The first-order valence-electron chi connectivity index (χ1n) is 2.35. The van der Waals surface area contributed by atoms with Crippen LogP contribution in [0.2, 0.25) is 0 Å². The fourth-order valence-electron chi connectivity index (χ4n) is 0.446. The lowest BCUT2D eigenvalue weighted by Gasteiger charge is -2.14. The molecule has 0 aromatic carbocycles. The Hall–Kier alpha value is -0.960. The predicted molar refractivity (Wildman–Crippen MR) is 30.0 cm³/mol. The molecule has 0 N–H and O–H groups in total. The molecule has 8 heavy (non-hydrogen) atoms. The molecule has 0 aliphatic carbocycles. The molecule has 0 bridgehead atoms. The molecule has 3 nitrogen and oxygen atoms in total. The van der Waals surface area contributed by atoms with Crippen LogP contribution >= 0.6 is 0 Å². The molecule has 0 aromatic heterocycles. The third-order valence-electron chi connectivity index (χ3n) is 0.909. The average Bonchev–Trinajstić information content (AvgIpc) is 1.77. The zero-order valence-corrected chi connectivity index (χ0v) is 4.65. The van der Waals surface area contributed by atoms with Gasteiger partial charge < -0.3 is 4.90 Å². The molecule has 0 saturated heterocycles. The van der Waals surface area contributed by atoms with Crippen LogP contribution in [0.5, 0.6) is 0 Å². The Bertz CT molecular complexity index is 99.6. The Kier molecular flexibility index (Phi) is 1.22. The molecule has 3 heteroatoms. The Balaban J connectivity index is 2.54. The van der Waals surface area contributed by atoms with Gasteiger partial charge in [0.1, 0.15) is 0 Å². The molecule has 1 aliphatic heterocycles. The zero-order chi connectivity index (χ0) is 5.98. The van der Waals surface area contributed by atoms with Crippen LogP contribution in [0.3, 0.4) is 0 Å². The summed E-state index contributed by atoms with van der Waals surface area (Å²) in [5.41, 5.74) is 0. The van der Waals surface area contributed by atoms with Crippen molar-refractivity contribution in [3.05, 3.63) is 24.8 Å². The molecule has 0 amide bonds. The quantitative estimate of drug-likeness (QED) is 0.443. The van der Waals surface area contributed by atoms with Gasteiger partial charge in [-0.25, -0.2) is 0 Å². The van der Waals surface area contributed by atoms with Crippen molar-refractivity contribution in [2.75, 3.05) is 7.05 Å². The molecule has 0 saturated carbocycles. The first-order chi connectivity index (χ1) is 3.79. The predicted octanol–water partition coefficient (Wildman–Crippen LogP) is 0.160. The molecular weight excluding hydrogens is 102 g/mol. The zero-order valence-electron chi connectivity index (χ0n) is 4.65. The smallest absolute Gasteiger partial charge is 0.0404 e. The van der Waals surface area contributed by atoms with Gasteiger partial charge in [-0.3, -0.25) is 5.01 Å². The Morgan fingerprint density at radius 3 is 2.00 bits per heavy atom. The second-order valence-corrected chi connectivity index (χ2v) is 1.64. The minimum absolute atomic E-state index is 1.00. The van der Waals surface area contributed by atoms with Crippen LogP contribution < -0.4 is 5.84 Å². The Morgan fingerprint density at radius 2 is 1.62 bits per heavy atom. The number of nitrogens with zero attached hydrogens (tertiary/aromatic N) is 3. The van der Waals surface area contributed by atoms with E-state index in [1.54, 1.807) is 24.8 Å². The summed E-state index contributed by atoms with van der Waals surface area (Å²) >= 11 is 0. The van der Waals surface area contributed by atoms with Crippen molar-refractivity contribution in [1.82, 2.24) is 15.8 Å². The summed E-state index contributed by atoms with van der Waals surface area (Å²) in [6.45, 7) is 0. The maximum atomic E-state index is 8.66. The van der Waals surface area contributed by atoms with Gasteiger partial charge in [-0.1, -0.05) is 0 Å². The third-order valence-corrected chi connectivity index (χ3v) is 0.909. The molecule has 0 atom stereocenters. The molecule has 2 radical (unpaired) electrons. The van der Waals surface area contributed by atoms with Crippen LogP contribution in [0.25, 0.3) is 0 Å². The largest absolute Gasteiger partial charge is 0.354 e. The lowest BCUT2D eigenvalue weighted by atomic mass is 10.6. The molecule has 42 valence electrons. The maximum absolute atomic E-state index is 8.66. The van der Waals surface area contributed by atoms with Crippen molar-refractivity contribution in [1.29, 1.82) is 0 Å². The van der Waals surface area contributed by atoms with E-state index in [0.717, 1.165) is 5.01 Å². The minimum atomic E-state index is 1.00. The van der Waals surface area contributed by atoms with Gasteiger partial charge in [-0.2, -0.15) is 0 Å². The molecular formula is C5H7N3. The van der Waals surface area contributed by atoms with Crippen LogP contribution in [0, 0.1) is 0 Å². The van der Waals surface area contributed by atoms with Crippen LogP contribution in [0.4, 0.5) is 0 Å². The van der Waals surface area contributed by atoms with E-state index in [1.807, 2.05) is 11.9 Å². The summed E-state index contributed by atoms with van der Waals surface area (Å²) in [5.74, 6) is 8.66. The molecule has 1 aliphatic rings. The number of hydrogen-bond donors (Lipinski definition) is 0. The van der Waals surface area contributed by atoms with Crippen molar-refractivity contribution in [3.63, 3.8) is 0 Å². The average molecular weight is 109 g/mol. The topological polar surface area (TPSA) is 28.8 Å². The summed E-state index contributed by atoms with van der Waals surface area (Å²) in [6.07, 6.45) is 6.61. The first kappa shape index (κ1) is 5.18. The van der Waals surface area contributed by atoms with E-state index in [4.69, 9.17) is 5.84 Å². The highest BCUT2D eigenvalue weighted by Crippen LogP contribution is 1.96. The SMILES string of the molecule is CN1C=CN([N])C=C1. The Morgan fingerprint density at radius 1 is 1.12 bits per heavy atom. The van der Waals surface area contributed by atoms with E-state index in [2.05, 4.69) is 0 Å². The summed E-state index contributed by atoms with van der Waals surface area (Å²) < 4.78 is 0. The van der Waals surface area contributed by atoms with E-state index in [-0.39, 0.29) is 0 Å². The highest BCUT2D eigenvalue weighted by molar-refractivity contribution is 4.96. The molecule has 1 rings (SSSR count). The molecule has 0 spiro atoms. The minimum Gasteiger partial charge on any atom is -0.354 e. The first-order valence-corrected chi connectivity index (χ1v) is 2.35. The molecule has 0 aromatic rings. The van der Waals surface area contributed by atoms with E-state index >= 15 is 0 Å². The van der Waals surface area contributed by atoms with E-state index < -0.39 is 0 Å². The van der Waals surface area contributed by atoms with Gasteiger partial charge in [-0.15, -0.1) is 0 Å². The normalized spacial score (nSPS) is 17.8. The van der Waals surface area contributed by atoms with Gasteiger partial charge in [-0.05, 0) is 5.84 Å². The van der Waals surface area contributed by atoms with Crippen molar-refractivity contribution in [2.45, 2.75) is 0 Å². The highest BCUT2D eigenvalue weighted by atomic mass is 15.4. The summed E-state index contributed by atoms with van der Waals surface area (Å²) in [7, 11) is 1.89. The van der Waals surface area contributed by atoms with E-state index in [0.29, 0.717) is 0 Å². The molecule has 1 heterocycles. The van der Waals surface area contributed by atoms with Gasteiger partial charge in [0.2, 0.25) is 0 Å². The van der Waals surface area contributed by atoms with Crippen LogP contribution in [0.1, 0.15) is 0 Å². The fraction of sp³-hybridized carbons (Fsp3) is 0.200. The maximum Gasteiger partial charge on any atom is 0.0404 e. The van der Waals surface area contributed by atoms with Gasteiger partial charge in [0.15, 0.2) is 0 Å². The monoisotopic (exact) mass is 109 g/mol. The van der Waals surface area contributed by atoms with Crippen molar-refractivity contribution in [3.8, 4) is 0 Å². The van der Waals surface area contributed by atoms with Crippen molar-refractivity contribution < 1.29 is 0 Å². The van der Waals surface area contributed by atoms with E-state index in [1.165, 1.54) is 0 Å². The Labute approximate surface area is 48.6 Å². The number of rotatable bonds is 0.